The van der Waals surface area contributed by atoms with Crippen LogP contribution in [0.5, 0.6) is 0 Å². The Morgan fingerprint density at radius 3 is 3.17 bits per heavy atom. The van der Waals surface area contributed by atoms with Crippen LogP contribution in [0.1, 0.15) is 0 Å². The van der Waals surface area contributed by atoms with Crippen LogP contribution in [0.15, 0.2) is 40.6 Å². The Morgan fingerprint density at radius 2 is 2.33 bits per heavy atom. The minimum Gasteiger partial charge on any atom is -0.399 e. The molecular formula is C9H8N2O. The molecule has 0 radical (unpaired) electrons. The quantitative estimate of drug-likeness (QED) is 0.562. The third-order valence-corrected chi connectivity index (χ3v) is 1.91. The summed E-state index contributed by atoms with van der Waals surface area (Å²) in [6.07, 6.45) is 8.63. The summed E-state index contributed by atoms with van der Waals surface area (Å²) in [5, 5.41) is 0. The SMILES string of the molecule is NC1=CC2=CC=NC(=O)C2C=C1. The van der Waals surface area contributed by atoms with Gasteiger partial charge >= 0.3 is 0 Å². The van der Waals surface area contributed by atoms with E-state index in [0.717, 1.165) is 5.57 Å². The molecule has 2 N–H and O–H groups in total. The third-order valence-electron chi connectivity index (χ3n) is 1.91. The first-order valence-electron chi connectivity index (χ1n) is 3.71. The van der Waals surface area contributed by atoms with Crippen molar-refractivity contribution >= 4 is 12.1 Å². The highest BCUT2D eigenvalue weighted by Gasteiger charge is 2.22. The van der Waals surface area contributed by atoms with Gasteiger partial charge in [-0.1, -0.05) is 6.08 Å². The zero-order valence-electron chi connectivity index (χ0n) is 6.40. The van der Waals surface area contributed by atoms with Gasteiger partial charge in [0.1, 0.15) is 0 Å². The van der Waals surface area contributed by atoms with Gasteiger partial charge in [-0.15, -0.1) is 0 Å². The molecular weight excluding hydrogens is 152 g/mol. The van der Waals surface area contributed by atoms with Gasteiger partial charge in [-0.25, -0.2) is 4.99 Å². The number of allylic oxidation sites excluding steroid dienone is 3. The Morgan fingerprint density at radius 1 is 1.50 bits per heavy atom. The third kappa shape index (κ3) is 0.993. The van der Waals surface area contributed by atoms with Crippen molar-refractivity contribution in [1.29, 1.82) is 0 Å². The van der Waals surface area contributed by atoms with Crippen molar-refractivity contribution in [3.05, 3.63) is 35.6 Å². The summed E-state index contributed by atoms with van der Waals surface area (Å²) in [7, 11) is 0. The number of fused-ring (bicyclic) bond motifs is 1. The first kappa shape index (κ1) is 7.03. The monoisotopic (exact) mass is 160 g/mol. The molecule has 12 heavy (non-hydrogen) atoms. The Balaban J connectivity index is 2.43. The molecule has 0 bridgehead atoms. The zero-order valence-corrected chi connectivity index (χ0v) is 6.40. The van der Waals surface area contributed by atoms with Crippen LogP contribution in [0.2, 0.25) is 0 Å². The minimum absolute atomic E-state index is 0.118. The second-order valence-corrected chi connectivity index (χ2v) is 2.76. The summed E-state index contributed by atoms with van der Waals surface area (Å²) < 4.78 is 0. The standard InChI is InChI=1S/C9H8N2O/c10-7-1-2-8-6(5-7)3-4-11-9(8)12/h1-5,8H,10H2. The Labute approximate surface area is 70.0 Å². The number of rotatable bonds is 0. The molecule has 0 fully saturated rings. The highest BCUT2D eigenvalue weighted by Crippen LogP contribution is 2.23. The normalized spacial score (nSPS) is 26.3. The average molecular weight is 160 g/mol. The Hall–Kier alpha value is -1.64. The van der Waals surface area contributed by atoms with Gasteiger partial charge in [0.2, 0.25) is 0 Å². The number of hydrogen-bond donors (Lipinski definition) is 1. The molecule has 3 nitrogen and oxygen atoms in total. The zero-order chi connectivity index (χ0) is 8.55. The summed E-state index contributed by atoms with van der Waals surface area (Å²) in [5.41, 5.74) is 7.17. The predicted octanol–water partition coefficient (Wildman–Crippen LogP) is 0.552. The van der Waals surface area contributed by atoms with Gasteiger partial charge in [0, 0.05) is 11.9 Å². The Kier molecular flexibility index (Phi) is 1.43. The number of hydrogen-bond acceptors (Lipinski definition) is 2. The van der Waals surface area contributed by atoms with Crippen molar-refractivity contribution in [2.24, 2.45) is 16.6 Å². The van der Waals surface area contributed by atoms with Crippen LogP contribution in [0.25, 0.3) is 0 Å². The summed E-state index contributed by atoms with van der Waals surface area (Å²) in [6, 6.07) is 0. The van der Waals surface area contributed by atoms with Gasteiger partial charge in [-0.2, -0.15) is 0 Å². The largest absolute Gasteiger partial charge is 0.399 e. The van der Waals surface area contributed by atoms with E-state index in [1.165, 1.54) is 6.21 Å². The molecule has 1 aliphatic carbocycles. The first-order valence-corrected chi connectivity index (χ1v) is 3.71. The molecule has 2 aliphatic rings. The van der Waals surface area contributed by atoms with Crippen LogP contribution in [0, 0.1) is 5.92 Å². The molecule has 0 aromatic carbocycles. The Bertz CT molecular complexity index is 348. The van der Waals surface area contributed by atoms with Crippen LogP contribution in [0.3, 0.4) is 0 Å². The molecule has 0 aromatic heterocycles. The topological polar surface area (TPSA) is 55.4 Å². The lowest BCUT2D eigenvalue weighted by Crippen LogP contribution is -2.18. The molecule has 1 aliphatic heterocycles. The number of aliphatic imine (C=N–C) groups is 1. The van der Waals surface area contributed by atoms with Crippen molar-refractivity contribution in [3.8, 4) is 0 Å². The van der Waals surface area contributed by atoms with Crippen LogP contribution in [-0.4, -0.2) is 12.1 Å². The van der Waals surface area contributed by atoms with E-state index in [1.54, 1.807) is 18.2 Å². The number of nitrogens with zero attached hydrogens (tertiary/aromatic N) is 1. The molecule has 3 heteroatoms. The fourth-order valence-corrected chi connectivity index (χ4v) is 1.30. The van der Waals surface area contributed by atoms with Crippen LogP contribution >= 0.6 is 0 Å². The highest BCUT2D eigenvalue weighted by molar-refractivity contribution is 5.97. The molecule has 0 spiro atoms. The maximum Gasteiger partial charge on any atom is 0.257 e. The lowest BCUT2D eigenvalue weighted by molar-refractivity contribution is -0.119. The maximum absolute atomic E-state index is 11.2. The number of dihydropyridines is 1. The van der Waals surface area contributed by atoms with Crippen LogP contribution in [-0.2, 0) is 4.79 Å². The smallest absolute Gasteiger partial charge is 0.257 e. The fourth-order valence-electron chi connectivity index (χ4n) is 1.30. The molecule has 0 aromatic rings. The van der Waals surface area contributed by atoms with Crippen LogP contribution < -0.4 is 5.73 Å². The highest BCUT2D eigenvalue weighted by atomic mass is 16.1. The van der Waals surface area contributed by atoms with Crippen molar-refractivity contribution < 1.29 is 4.79 Å². The molecule has 0 saturated carbocycles. The minimum atomic E-state index is -0.206. The van der Waals surface area contributed by atoms with Crippen molar-refractivity contribution in [2.75, 3.05) is 0 Å². The number of amides is 1. The van der Waals surface area contributed by atoms with Crippen LogP contribution in [0.4, 0.5) is 0 Å². The molecule has 1 unspecified atom stereocenters. The van der Waals surface area contributed by atoms with Crippen molar-refractivity contribution in [2.45, 2.75) is 0 Å². The van der Waals surface area contributed by atoms with E-state index in [-0.39, 0.29) is 11.8 Å². The summed E-state index contributed by atoms with van der Waals surface area (Å²) in [6.45, 7) is 0. The molecule has 1 heterocycles. The van der Waals surface area contributed by atoms with E-state index in [4.69, 9.17) is 5.73 Å². The second-order valence-electron chi connectivity index (χ2n) is 2.76. The van der Waals surface area contributed by atoms with E-state index in [0.29, 0.717) is 5.70 Å². The van der Waals surface area contributed by atoms with Gasteiger partial charge in [0.15, 0.2) is 0 Å². The molecule has 1 atom stereocenters. The maximum atomic E-state index is 11.2. The summed E-state index contributed by atoms with van der Waals surface area (Å²) in [5.74, 6) is -0.324. The number of nitrogens with two attached hydrogens (primary N) is 1. The molecule has 60 valence electrons. The van der Waals surface area contributed by atoms with Gasteiger partial charge in [-0.3, -0.25) is 4.79 Å². The van der Waals surface area contributed by atoms with Crippen molar-refractivity contribution in [3.63, 3.8) is 0 Å². The summed E-state index contributed by atoms with van der Waals surface area (Å²) >= 11 is 0. The van der Waals surface area contributed by atoms with Gasteiger partial charge in [-0.05, 0) is 23.8 Å². The molecule has 0 saturated heterocycles. The van der Waals surface area contributed by atoms with Gasteiger partial charge in [0.05, 0.1) is 5.92 Å². The second kappa shape index (κ2) is 2.44. The van der Waals surface area contributed by atoms with E-state index in [2.05, 4.69) is 4.99 Å². The predicted molar refractivity (Wildman–Crippen MR) is 46.5 cm³/mol. The first-order chi connectivity index (χ1) is 5.77. The van der Waals surface area contributed by atoms with E-state index in [9.17, 15) is 4.79 Å². The lowest BCUT2D eigenvalue weighted by atomic mass is 9.91. The van der Waals surface area contributed by atoms with E-state index < -0.39 is 0 Å². The molecule has 2 rings (SSSR count). The fraction of sp³-hybridized carbons (Fsp3) is 0.111. The van der Waals surface area contributed by atoms with Gasteiger partial charge in [0.25, 0.3) is 5.91 Å². The summed E-state index contributed by atoms with van der Waals surface area (Å²) in [4.78, 5) is 14.9. The van der Waals surface area contributed by atoms with E-state index >= 15 is 0 Å². The van der Waals surface area contributed by atoms with Crippen molar-refractivity contribution in [1.82, 2.24) is 0 Å². The molecule has 1 amide bonds. The van der Waals surface area contributed by atoms with E-state index in [1.807, 2.05) is 6.08 Å². The van der Waals surface area contributed by atoms with Gasteiger partial charge < -0.3 is 5.73 Å². The number of carbonyl (C=O) groups is 1. The number of carbonyl (C=O) groups excluding carboxylic acids is 1. The average Bonchev–Trinajstić information content (AvgIpc) is 2.04. The lowest BCUT2D eigenvalue weighted by Gasteiger charge is -2.16.